The van der Waals surface area contributed by atoms with E-state index in [1.54, 1.807) is 21.9 Å². The molecule has 4 aromatic rings. The van der Waals surface area contributed by atoms with Crippen LogP contribution in [-0.2, 0) is 0 Å². The van der Waals surface area contributed by atoms with Crippen LogP contribution in [0.1, 0.15) is 5.69 Å². The summed E-state index contributed by atoms with van der Waals surface area (Å²) in [4.78, 5) is 1.02. The Labute approximate surface area is 132 Å². The molecule has 0 N–H and O–H groups in total. The number of hydrogen-bond acceptors (Lipinski definition) is 4. The molecule has 0 bridgehead atoms. The Hall–Kier alpha value is -2.97. The highest BCUT2D eigenvalue weighted by molar-refractivity contribution is 7.13. The molecule has 4 nitrogen and oxygen atoms in total. The molecule has 1 aromatic carbocycles. The molecule has 0 saturated heterocycles. The van der Waals surface area contributed by atoms with Gasteiger partial charge in [0, 0.05) is 0 Å². The number of nitrogens with zero attached hydrogens (tertiary/aromatic N) is 4. The van der Waals surface area contributed by atoms with Crippen LogP contribution in [0, 0.1) is 12.3 Å². The van der Waals surface area contributed by atoms with Crippen molar-refractivity contribution in [1.29, 1.82) is 0 Å². The summed E-state index contributed by atoms with van der Waals surface area (Å²) in [5.74, 6) is 3.22. The molecular weight excluding hydrogens is 292 g/mol. The smallest absolute Gasteiger partial charge is 0.191 e. The van der Waals surface area contributed by atoms with Gasteiger partial charge in [-0.05, 0) is 29.5 Å². The number of fused-ring (bicyclic) bond motifs is 1. The lowest BCUT2D eigenvalue weighted by atomic mass is 10.4. The minimum atomic E-state index is 0.574. The molecule has 0 saturated carbocycles. The Morgan fingerprint density at radius 2 is 1.64 bits per heavy atom. The topological polar surface area (TPSA) is 43.1 Å². The highest BCUT2D eigenvalue weighted by Crippen LogP contribution is 2.22. The van der Waals surface area contributed by atoms with E-state index in [0.717, 1.165) is 10.7 Å². The molecule has 0 unspecified atom stereocenters. The van der Waals surface area contributed by atoms with Crippen molar-refractivity contribution in [3.63, 3.8) is 0 Å². The van der Waals surface area contributed by atoms with Gasteiger partial charge >= 0.3 is 0 Å². The van der Waals surface area contributed by atoms with Gasteiger partial charge in [-0.1, -0.05) is 42.5 Å². The average Bonchev–Trinajstić information content (AvgIpc) is 3.25. The van der Waals surface area contributed by atoms with Crippen molar-refractivity contribution in [3.05, 3.63) is 71.7 Å². The SMILES string of the molecule is C#Cc1ccc2nnc(-c3cccs3)n2n1.c1ccccc1. The molecule has 0 amide bonds. The Morgan fingerprint density at radius 3 is 2.23 bits per heavy atom. The highest BCUT2D eigenvalue weighted by Gasteiger charge is 2.09. The van der Waals surface area contributed by atoms with Crippen LogP contribution in [0.5, 0.6) is 0 Å². The van der Waals surface area contributed by atoms with Crippen molar-refractivity contribution < 1.29 is 0 Å². The Kier molecular flexibility index (Phi) is 4.23. The fraction of sp³-hybridized carbons (Fsp3) is 0. The lowest BCUT2D eigenvalue weighted by Gasteiger charge is -1.95. The van der Waals surface area contributed by atoms with E-state index in [4.69, 9.17) is 6.42 Å². The number of terminal acetylenes is 1. The van der Waals surface area contributed by atoms with Crippen LogP contribution in [0.4, 0.5) is 0 Å². The molecule has 3 heterocycles. The zero-order valence-corrected chi connectivity index (χ0v) is 12.4. The molecule has 22 heavy (non-hydrogen) atoms. The van der Waals surface area contributed by atoms with Crippen molar-refractivity contribution in [3.8, 4) is 23.0 Å². The summed E-state index contributed by atoms with van der Waals surface area (Å²) in [5, 5.41) is 14.4. The first kappa shape index (κ1) is 14.0. The average molecular weight is 304 g/mol. The van der Waals surface area contributed by atoms with Gasteiger partial charge in [0.05, 0.1) is 4.88 Å². The lowest BCUT2D eigenvalue weighted by molar-refractivity contribution is 0.926. The molecule has 0 radical (unpaired) electrons. The Morgan fingerprint density at radius 1 is 0.909 bits per heavy atom. The van der Waals surface area contributed by atoms with E-state index in [0.29, 0.717) is 11.3 Å². The standard InChI is InChI=1S/C11H6N4S.C6H6/c1-2-8-5-6-10-12-13-11(15(10)14-8)9-4-3-7-16-9;1-2-4-6-5-3-1/h1,3-7H;1-6H. The molecule has 5 heteroatoms. The summed E-state index contributed by atoms with van der Waals surface area (Å²) in [5.41, 5.74) is 1.27. The van der Waals surface area contributed by atoms with Gasteiger partial charge in [-0.25, -0.2) is 0 Å². The zero-order chi connectivity index (χ0) is 15.2. The van der Waals surface area contributed by atoms with Gasteiger partial charge in [0.15, 0.2) is 11.5 Å². The summed E-state index contributed by atoms with van der Waals surface area (Å²) in [7, 11) is 0. The molecule has 0 aliphatic rings. The Bertz CT molecular complexity index is 863. The third-order valence-corrected chi connectivity index (χ3v) is 3.68. The monoisotopic (exact) mass is 304 g/mol. The fourth-order valence-electron chi connectivity index (χ4n) is 1.81. The highest BCUT2D eigenvalue weighted by atomic mass is 32.1. The maximum absolute atomic E-state index is 5.31. The van der Waals surface area contributed by atoms with Crippen LogP contribution in [0.2, 0.25) is 0 Å². The van der Waals surface area contributed by atoms with E-state index in [1.807, 2.05) is 60.0 Å². The number of thiophene rings is 1. The second-order valence-corrected chi connectivity index (χ2v) is 5.24. The van der Waals surface area contributed by atoms with Gasteiger partial charge in [-0.3, -0.25) is 0 Å². The maximum Gasteiger partial charge on any atom is 0.195 e. The summed E-state index contributed by atoms with van der Waals surface area (Å²) in [6.07, 6.45) is 5.31. The van der Waals surface area contributed by atoms with Crippen molar-refractivity contribution >= 4 is 17.0 Å². The van der Waals surface area contributed by atoms with E-state index < -0.39 is 0 Å². The van der Waals surface area contributed by atoms with Gasteiger partial charge in [0.2, 0.25) is 0 Å². The number of hydrogen-bond donors (Lipinski definition) is 0. The number of rotatable bonds is 1. The minimum Gasteiger partial charge on any atom is -0.191 e. The lowest BCUT2D eigenvalue weighted by Crippen LogP contribution is -1.96. The van der Waals surface area contributed by atoms with Crippen LogP contribution in [0.25, 0.3) is 16.3 Å². The molecule has 0 fully saturated rings. The third kappa shape index (κ3) is 3.03. The normalized spacial score (nSPS) is 9.77. The summed E-state index contributed by atoms with van der Waals surface area (Å²) >= 11 is 1.59. The van der Waals surface area contributed by atoms with Crippen LogP contribution in [0.3, 0.4) is 0 Å². The second kappa shape index (κ2) is 6.66. The van der Waals surface area contributed by atoms with Crippen molar-refractivity contribution in [2.75, 3.05) is 0 Å². The minimum absolute atomic E-state index is 0.574. The van der Waals surface area contributed by atoms with Crippen LogP contribution in [0.15, 0.2) is 66.0 Å². The van der Waals surface area contributed by atoms with Crippen molar-refractivity contribution in [1.82, 2.24) is 19.8 Å². The molecule has 0 aliphatic heterocycles. The van der Waals surface area contributed by atoms with E-state index in [1.165, 1.54) is 0 Å². The fourth-order valence-corrected chi connectivity index (χ4v) is 2.50. The Balaban J connectivity index is 0.000000202. The van der Waals surface area contributed by atoms with Gasteiger partial charge < -0.3 is 0 Å². The van der Waals surface area contributed by atoms with Crippen LogP contribution >= 0.6 is 11.3 Å². The molecule has 3 aromatic heterocycles. The van der Waals surface area contributed by atoms with E-state index in [-0.39, 0.29) is 0 Å². The van der Waals surface area contributed by atoms with Gasteiger partial charge in [-0.2, -0.15) is 9.61 Å². The first-order valence-electron chi connectivity index (χ1n) is 6.61. The van der Waals surface area contributed by atoms with E-state index in [9.17, 15) is 0 Å². The van der Waals surface area contributed by atoms with E-state index in [2.05, 4.69) is 21.2 Å². The second-order valence-electron chi connectivity index (χ2n) is 4.29. The van der Waals surface area contributed by atoms with Crippen LogP contribution in [-0.4, -0.2) is 19.8 Å². The first-order valence-corrected chi connectivity index (χ1v) is 7.49. The van der Waals surface area contributed by atoms with E-state index >= 15 is 0 Å². The third-order valence-electron chi connectivity index (χ3n) is 2.82. The number of benzene rings is 1. The maximum atomic E-state index is 5.31. The summed E-state index contributed by atoms with van der Waals surface area (Å²) in [6, 6.07) is 19.5. The predicted octanol–water partition coefficient (Wildman–Crippen LogP) is 3.52. The predicted molar refractivity (Wildman–Crippen MR) is 88.5 cm³/mol. The number of aromatic nitrogens is 4. The molecule has 0 spiro atoms. The molecule has 0 atom stereocenters. The summed E-state index contributed by atoms with van der Waals surface area (Å²) in [6.45, 7) is 0. The molecular formula is C17H12N4S. The zero-order valence-electron chi connectivity index (χ0n) is 11.6. The van der Waals surface area contributed by atoms with Crippen molar-refractivity contribution in [2.24, 2.45) is 0 Å². The van der Waals surface area contributed by atoms with Gasteiger partial charge in [-0.15, -0.1) is 28.0 Å². The van der Waals surface area contributed by atoms with Crippen molar-refractivity contribution in [2.45, 2.75) is 0 Å². The quantitative estimate of drug-likeness (QED) is 0.505. The molecule has 106 valence electrons. The molecule has 4 rings (SSSR count). The first-order chi connectivity index (χ1) is 10.9. The summed E-state index contributed by atoms with van der Waals surface area (Å²) < 4.78 is 1.67. The van der Waals surface area contributed by atoms with Gasteiger partial charge in [0.1, 0.15) is 5.69 Å². The largest absolute Gasteiger partial charge is 0.195 e. The van der Waals surface area contributed by atoms with Gasteiger partial charge in [0.25, 0.3) is 0 Å². The molecule has 0 aliphatic carbocycles. The van der Waals surface area contributed by atoms with Crippen LogP contribution < -0.4 is 0 Å².